The Morgan fingerprint density at radius 2 is 1.80 bits per heavy atom. The highest BCUT2D eigenvalue weighted by molar-refractivity contribution is 6.04. The van der Waals surface area contributed by atoms with Crippen molar-refractivity contribution in [2.75, 3.05) is 18.1 Å². The van der Waals surface area contributed by atoms with Crippen molar-refractivity contribution in [2.45, 2.75) is 20.3 Å². The number of anilines is 1. The van der Waals surface area contributed by atoms with Gasteiger partial charge in [0.15, 0.2) is 5.78 Å². The van der Waals surface area contributed by atoms with Crippen molar-refractivity contribution < 1.29 is 19.1 Å². The van der Waals surface area contributed by atoms with E-state index < -0.39 is 5.92 Å². The summed E-state index contributed by atoms with van der Waals surface area (Å²) >= 11 is 0. The summed E-state index contributed by atoms with van der Waals surface area (Å²) in [7, 11) is 0. The Morgan fingerprint density at radius 1 is 1.10 bits per heavy atom. The summed E-state index contributed by atoms with van der Waals surface area (Å²) in [6.07, 6.45) is 1.55. The van der Waals surface area contributed by atoms with Crippen molar-refractivity contribution in [3.05, 3.63) is 71.9 Å². The van der Waals surface area contributed by atoms with E-state index in [1.54, 1.807) is 48.2 Å². The molecule has 7 nitrogen and oxygen atoms in total. The number of carbonyl (C=O) groups is 3. The molecule has 3 rings (SSSR count). The second kappa shape index (κ2) is 9.73. The molecule has 1 heterocycles. The number of ketones is 1. The average molecular weight is 407 g/mol. The highest BCUT2D eigenvalue weighted by Gasteiger charge is 2.35. The molecule has 0 saturated carbocycles. The molecule has 0 aliphatic carbocycles. The van der Waals surface area contributed by atoms with Crippen LogP contribution < -0.4 is 20.5 Å². The number of hydrogen-bond donors (Lipinski definition) is 2. The van der Waals surface area contributed by atoms with E-state index in [0.29, 0.717) is 24.4 Å². The summed E-state index contributed by atoms with van der Waals surface area (Å²) < 4.78 is 5.41. The molecule has 156 valence electrons. The number of hydrazine groups is 1. The Bertz CT molecular complexity index is 939. The number of rotatable bonds is 8. The van der Waals surface area contributed by atoms with Gasteiger partial charge >= 0.3 is 0 Å². The minimum Gasteiger partial charge on any atom is -0.494 e. The lowest BCUT2D eigenvalue weighted by atomic mass is 10.1. The average Bonchev–Trinajstić information content (AvgIpc) is 3.15. The molecule has 0 unspecified atom stereocenters. The van der Waals surface area contributed by atoms with Gasteiger partial charge in [0, 0.05) is 36.0 Å². The van der Waals surface area contributed by atoms with Crippen molar-refractivity contribution >= 4 is 23.3 Å². The Morgan fingerprint density at radius 3 is 2.47 bits per heavy atom. The zero-order valence-corrected chi connectivity index (χ0v) is 17.1. The number of nitrogens with one attached hydrogen (secondary N) is 2. The fourth-order valence-electron chi connectivity index (χ4n) is 3.20. The summed E-state index contributed by atoms with van der Waals surface area (Å²) in [5, 5.41) is 0. The lowest BCUT2D eigenvalue weighted by molar-refractivity contribution is -0.127. The van der Waals surface area contributed by atoms with Crippen molar-refractivity contribution in [3.8, 4) is 5.75 Å². The lowest BCUT2D eigenvalue weighted by Crippen LogP contribution is -2.41. The summed E-state index contributed by atoms with van der Waals surface area (Å²) in [5.41, 5.74) is 7.14. The van der Waals surface area contributed by atoms with Gasteiger partial charge in [0.25, 0.3) is 0 Å². The fraction of sp³-hybridized carbons (Fsp3) is 0.261. The normalized spacial score (nSPS) is 16.3. The number of allylic oxidation sites excluding steroid dienone is 2. The predicted octanol–water partition coefficient (Wildman–Crippen LogP) is 2.85. The molecule has 2 N–H and O–H groups in total. The van der Waals surface area contributed by atoms with Gasteiger partial charge in [-0.25, -0.2) is 0 Å². The summed E-state index contributed by atoms with van der Waals surface area (Å²) in [4.78, 5) is 38.6. The number of benzene rings is 2. The molecule has 0 bridgehead atoms. The van der Waals surface area contributed by atoms with Gasteiger partial charge < -0.3 is 15.1 Å². The van der Waals surface area contributed by atoms with Gasteiger partial charge in [-0.3, -0.25) is 19.8 Å². The van der Waals surface area contributed by atoms with Gasteiger partial charge in [-0.05, 0) is 38.1 Å². The molecule has 2 aromatic rings. The highest BCUT2D eigenvalue weighted by Crippen LogP contribution is 2.27. The Hall–Kier alpha value is -3.61. The predicted molar refractivity (Wildman–Crippen MR) is 114 cm³/mol. The maximum absolute atomic E-state index is 12.5. The Balaban J connectivity index is 1.54. The molecule has 0 spiro atoms. The van der Waals surface area contributed by atoms with Crippen LogP contribution in [0.1, 0.15) is 30.6 Å². The fourth-order valence-corrected chi connectivity index (χ4v) is 3.20. The first-order chi connectivity index (χ1) is 14.5. The molecule has 2 aromatic carbocycles. The smallest absolute Gasteiger partial charge is 0.243 e. The van der Waals surface area contributed by atoms with Crippen LogP contribution >= 0.6 is 0 Å². The third kappa shape index (κ3) is 5.26. The molecular weight excluding hydrogens is 382 g/mol. The van der Waals surface area contributed by atoms with Gasteiger partial charge in [-0.15, -0.1) is 0 Å². The molecule has 0 radical (unpaired) electrons. The van der Waals surface area contributed by atoms with Crippen LogP contribution in [0.25, 0.3) is 0 Å². The second-order valence-corrected chi connectivity index (χ2v) is 7.00. The zero-order chi connectivity index (χ0) is 21.5. The molecule has 1 aliphatic rings. The first kappa shape index (κ1) is 21.1. The SMILES string of the molecule is CCOc1ccc(N2C[C@@H](C(=O)NN/C(C)=C/C(=O)c3ccccc3)CC2=O)cc1. The standard InChI is InChI=1S/C23H25N3O4/c1-3-30-20-11-9-19(10-12-20)26-15-18(14-22(26)28)23(29)25-24-16(2)13-21(27)17-7-5-4-6-8-17/h4-13,18,24H,3,14-15H2,1-2H3,(H,25,29)/b16-13+/t18-/m0/s1. The Labute approximate surface area is 175 Å². The third-order valence-electron chi connectivity index (χ3n) is 4.74. The molecule has 2 amide bonds. The van der Waals surface area contributed by atoms with E-state index in [9.17, 15) is 14.4 Å². The van der Waals surface area contributed by atoms with E-state index in [4.69, 9.17) is 4.74 Å². The van der Waals surface area contributed by atoms with Crippen LogP contribution in [0.5, 0.6) is 5.75 Å². The maximum Gasteiger partial charge on any atom is 0.243 e. The van der Waals surface area contributed by atoms with Crippen LogP contribution in [0.4, 0.5) is 5.69 Å². The van der Waals surface area contributed by atoms with E-state index in [2.05, 4.69) is 10.9 Å². The van der Waals surface area contributed by atoms with Gasteiger partial charge in [0.05, 0.1) is 12.5 Å². The van der Waals surface area contributed by atoms with Gasteiger partial charge in [0.2, 0.25) is 11.8 Å². The van der Waals surface area contributed by atoms with Crippen LogP contribution in [-0.4, -0.2) is 30.7 Å². The quantitative estimate of drug-likeness (QED) is 0.399. The van der Waals surface area contributed by atoms with Crippen LogP contribution in [0, 0.1) is 5.92 Å². The molecule has 1 saturated heterocycles. The minimum absolute atomic E-state index is 0.106. The van der Waals surface area contributed by atoms with Crippen molar-refractivity contribution in [3.63, 3.8) is 0 Å². The molecular formula is C23H25N3O4. The van der Waals surface area contributed by atoms with Crippen LogP contribution in [0.2, 0.25) is 0 Å². The number of carbonyl (C=O) groups excluding carboxylic acids is 3. The van der Waals surface area contributed by atoms with Gasteiger partial charge in [0.1, 0.15) is 5.75 Å². The zero-order valence-electron chi connectivity index (χ0n) is 17.1. The molecule has 30 heavy (non-hydrogen) atoms. The maximum atomic E-state index is 12.5. The molecule has 1 fully saturated rings. The number of amides is 2. The number of ether oxygens (including phenoxy) is 1. The van der Waals surface area contributed by atoms with Crippen LogP contribution in [0.15, 0.2) is 66.4 Å². The molecule has 1 atom stereocenters. The summed E-state index contributed by atoms with van der Waals surface area (Å²) in [6.45, 7) is 4.46. The summed E-state index contributed by atoms with van der Waals surface area (Å²) in [5.74, 6) is -0.303. The number of nitrogens with zero attached hydrogens (tertiary/aromatic N) is 1. The van der Waals surface area contributed by atoms with Crippen molar-refractivity contribution in [1.29, 1.82) is 0 Å². The summed E-state index contributed by atoms with van der Waals surface area (Å²) in [6, 6.07) is 16.1. The van der Waals surface area contributed by atoms with E-state index in [1.807, 2.05) is 25.1 Å². The lowest BCUT2D eigenvalue weighted by Gasteiger charge is -2.17. The van der Waals surface area contributed by atoms with E-state index in [1.165, 1.54) is 6.08 Å². The van der Waals surface area contributed by atoms with E-state index in [-0.39, 0.29) is 24.0 Å². The largest absolute Gasteiger partial charge is 0.494 e. The van der Waals surface area contributed by atoms with Gasteiger partial charge in [-0.2, -0.15) is 0 Å². The number of hydrogen-bond acceptors (Lipinski definition) is 5. The molecule has 1 aliphatic heterocycles. The third-order valence-corrected chi connectivity index (χ3v) is 4.74. The van der Waals surface area contributed by atoms with Crippen LogP contribution in [-0.2, 0) is 9.59 Å². The van der Waals surface area contributed by atoms with Crippen molar-refractivity contribution in [1.82, 2.24) is 10.9 Å². The van der Waals surface area contributed by atoms with E-state index >= 15 is 0 Å². The molecule has 0 aromatic heterocycles. The second-order valence-electron chi connectivity index (χ2n) is 7.00. The monoisotopic (exact) mass is 407 g/mol. The first-order valence-electron chi connectivity index (χ1n) is 9.84. The van der Waals surface area contributed by atoms with Crippen molar-refractivity contribution in [2.24, 2.45) is 5.92 Å². The topological polar surface area (TPSA) is 87.7 Å². The van der Waals surface area contributed by atoms with Crippen LogP contribution in [0.3, 0.4) is 0 Å². The minimum atomic E-state index is -0.478. The first-order valence-corrected chi connectivity index (χ1v) is 9.84. The highest BCUT2D eigenvalue weighted by atomic mass is 16.5. The Kier molecular flexibility index (Phi) is 6.85. The van der Waals surface area contributed by atoms with Gasteiger partial charge in [-0.1, -0.05) is 30.3 Å². The van der Waals surface area contributed by atoms with E-state index in [0.717, 1.165) is 11.4 Å². The molecule has 7 heteroatoms.